The van der Waals surface area contributed by atoms with E-state index in [1.807, 2.05) is 11.9 Å². The van der Waals surface area contributed by atoms with E-state index in [4.69, 9.17) is 9.47 Å². The van der Waals surface area contributed by atoms with Gasteiger partial charge in [0.15, 0.2) is 0 Å². The molecule has 2 aliphatic heterocycles. The van der Waals surface area contributed by atoms with Gasteiger partial charge in [0.2, 0.25) is 0 Å². The number of nitro groups is 2. The van der Waals surface area contributed by atoms with Crippen molar-refractivity contribution in [1.29, 1.82) is 0 Å². The van der Waals surface area contributed by atoms with Gasteiger partial charge in [-0.1, -0.05) is 12.1 Å². The zero-order chi connectivity index (χ0) is 35.5. The average Bonchev–Trinajstić information content (AvgIpc) is 3.48. The van der Waals surface area contributed by atoms with E-state index in [2.05, 4.69) is 0 Å². The highest BCUT2D eigenvalue weighted by Gasteiger charge is 2.37. The quantitative estimate of drug-likeness (QED) is 0.0906. The maximum atomic E-state index is 13.1. The average molecular weight is 680 g/mol. The lowest BCUT2D eigenvalue weighted by Crippen LogP contribution is -2.34. The highest BCUT2D eigenvalue weighted by atomic mass is 16.6. The van der Waals surface area contributed by atoms with Gasteiger partial charge < -0.3 is 14.4 Å². The molecular formula is C35H29N5O10. The predicted octanol–water partition coefficient (Wildman–Crippen LogP) is 5.69. The number of fused-ring (bicyclic) bond motifs is 2. The first-order valence-corrected chi connectivity index (χ1v) is 15.5. The van der Waals surface area contributed by atoms with Crippen LogP contribution in [-0.4, -0.2) is 81.4 Å². The summed E-state index contributed by atoms with van der Waals surface area (Å²) in [5.41, 5.74) is 0.595. The largest absolute Gasteiger partial charge is 0.457 e. The number of imide groups is 2. The van der Waals surface area contributed by atoms with E-state index in [0.717, 1.165) is 0 Å². The molecule has 0 fully saturated rings. The van der Waals surface area contributed by atoms with Gasteiger partial charge in [-0.15, -0.1) is 0 Å². The summed E-state index contributed by atoms with van der Waals surface area (Å²) in [7, 11) is 1.86. The van der Waals surface area contributed by atoms with E-state index in [-0.39, 0.29) is 69.7 Å². The number of amides is 4. The fraction of sp³-hybridized carbons (Fsp3) is 0.200. The molecular weight excluding hydrogens is 650 g/mol. The van der Waals surface area contributed by atoms with Gasteiger partial charge in [0, 0.05) is 25.2 Å². The number of nitrogens with zero attached hydrogens (tertiary/aromatic N) is 5. The second-order valence-electron chi connectivity index (χ2n) is 11.7. The molecule has 4 aromatic carbocycles. The molecule has 50 heavy (non-hydrogen) atoms. The lowest BCUT2D eigenvalue weighted by atomic mass is 10.1. The van der Waals surface area contributed by atoms with E-state index >= 15 is 0 Å². The first kappa shape index (κ1) is 33.4. The zero-order valence-electron chi connectivity index (χ0n) is 26.6. The number of rotatable bonds is 14. The van der Waals surface area contributed by atoms with Crippen LogP contribution in [0.5, 0.6) is 23.0 Å². The summed E-state index contributed by atoms with van der Waals surface area (Å²) in [6.45, 7) is 1.43. The molecule has 2 heterocycles. The van der Waals surface area contributed by atoms with Gasteiger partial charge in [-0.3, -0.25) is 49.2 Å². The van der Waals surface area contributed by atoms with Gasteiger partial charge in [0.25, 0.3) is 35.0 Å². The number of non-ortho nitro benzene ring substituents is 2. The number of benzene rings is 4. The van der Waals surface area contributed by atoms with Crippen molar-refractivity contribution in [3.05, 3.63) is 127 Å². The van der Waals surface area contributed by atoms with Gasteiger partial charge in [0.05, 0.1) is 44.2 Å². The monoisotopic (exact) mass is 679 g/mol. The molecule has 4 aromatic rings. The first-order valence-electron chi connectivity index (χ1n) is 15.5. The SMILES string of the molecule is CN(CCCN1C(=O)c2ccc(Oc3cccc([N+](=O)[O-])c3)cc2C1=O)CCCN1C(=O)c2ccc(Oc3cccc([N+](=O)[O-])c3)cc2C1=O. The second-order valence-corrected chi connectivity index (χ2v) is 11.7. The van der Waals surface area contributed by atoms with Crippen LogP contribution >= 0.6 is 0 Å². The van der Waals surface area contributed by atoms with Crippen LogP contribution in [0.2, 0.25) is 0 Å². The molecule has 0 atom stereocenters. The Labute approximate surface area is 284 Å². The van der Waals surface area contributed by atoms with Crippen LogP contribution in [0.1, 0.15) is 54.3 Å². The summed E-state index contributed by atoms with van der Waals surface area (Å²) in [4.78, 5) is 77.5. The Morgan fingerprint density at radius 3 is 1.34 bits per heavy atom. The molecule has 0 unspecified atom stereocenters. The van der Waals surface area contributed by atoms with Crippen LogP contribution in [0.3, 0.4) is 0 Å². The normalized spacial score (nSPS) is 13.6. The molecule has 4 amide bonds. The Bertz CT molecular complexity index is 1920. The molecule has 15 nitrogen and oxygen atoms in total. The third-order valence-electron chi connectivity index (χ3n) is 8.26. The lowest BCUT2D eigenvalue weighted by Gasteiger charge is -2.20. The number of ether oxygens (including phenoxy) is 2. The molecule has 0 spiro atoms. The number of hydrogen-bond donors (Lipinski definition) is 0. The molecule has 0 aliphatic carbocycles. The predicted molar refractivity (Wildman–Crippen MR) is 177 cm³/mol. The van der Waals surface area contributed by atoms with E-state index in [1.54, 1.807) is 12.1 Å². The lowest BCUT2D eigenvalue weighted by molar-refractivity contribution is -0.385. The summed E-state index contributed by atoms with van der Waals surface area (Å²) in [6, 6.07) is 20.2. The number of hydrogen-bond acceptors (Lipinski definition) is 11. The summed E-state index contributed by atoms with van der Waals surface area (Å²) in [5.74, 6) is -0.782. The highest BCUT2D eigenvalue weighted by molar-refractivity contribution is 6.22. The van der Waals surface area contributed by atoms with Gasteiger partial charge in [-0.05, 0) is 81.5 Å². The molecule has 6 rings (SSSR count). The summed E-state index contributed by atoms with van der Waals surface area (Å²) in [6.07, 6.45) is 0.971. The van der Waals surface area contributed by atoms with E-state index < -0.39 is 33.5 Å². The Morgan fingerprint density at radius 2 is 0.940 bits per heavy atom. The smallest absolute Gasteiger partial charge is 0.273 e. The van der Waals surface area contributed by atoms with Crippen molar-refractivity contribution in [2.24, 2.45) is 0 Å². The maximum absolute atomic E-state index is 13.1. The van der Waals surface area contributed by atoms with Crippen molar-refractivity contribution in [1.82, 2.24) is 14.7 Å². The number of carbonyl (C=O) groups excluding carboxylic acids is 4. The van der Waals surface area contributed by atoms with Crippen molar-refractivity contribution in [2.75, 3.05) is 33.2 Å². The topological polar surface area (TPSA) is 183 Å². The molecule has 0 bridgehead atoms. The maximum Gasteiger partial charge on any atom is 0.273 e. The molecule has 2 aliphatic rings. The third kappa shape index (κ3) is 6.88. The fourth-order valence-electron chi connectivity index (χ4n) is 5.78. The van der Waals surface area contributed by atoms with Gasteiger partial charge >= 0.3 is 0 Å². The minimum atomic E-state index is -0.540. The molecule has 0 aromatic heterocycles. The molecule has 0 saturated carbocycles. The molecule has 254 valence electrons. The van der Waals surface area contributed by atoms with Crippen LogP contribution in [0.25, 0.3) is 0 Å². The van der Waals surface area contributed by atoms with Gasteiger partial charge in [-0.25, -0.2) is 0 Å². The van der Waals surface area contributed by atoms with Crippen LogP contribution in [0.4, 0.5) is 11.4 Å². The minimum absolute atomic E-state index is 0.141. The fourth-order valence-corrected chi connectivity index (χ4v) is 5.78. The number of carbonyl (C=O) groups is 4. The van der Waals surface area contributed by atoms with E-state index in [0.29, 0.717) is 25.9 Å². The van der Waals surface area contributed by atoms with Crippen LogP contribution < -0.4 is 9.47 Å². The van der Waals surface area contributed by atoms with Crippen molar-refractivity contribution >= 4 is 35.0 Å². The van der Waals surface area contributed by atoms with E-state index in [9.17, 15) is 39.4 Å². The Kier molecular flexibility index (Phi) is 9.32. The van der Waals surface area contributed by atoms with Crippen LogP contribution in [0.15, 0.2) is 84.9 Å². The van der Waals surface area contributed by atoms with Crippen molar-refractivity contribution in [3.8, 4) is 23.0 Å². The van der Waals surface area contributed by atoms with Crippen LogP contribution in [-0.2, 0) is 0 Å². The minimum Gasteiger partial charge on any atom is -0.457 e. The summed E-state index contributed by atoms with van der Waals surface area (Å²) in [5, 5.41) is 22.1. The molecule has 0 saturated heterocycles. The molecule has 0 radical (unpaired) electrons. The van der Waals surface area contributed by atoms with Crippen molar-refractivity contribution in [3.63, 3.8) is 0 Å². The van der Waals surface area contributed by atoms with Crippen molar-refractivity contribution in [2.45, 2.75) is 12.8 Å². The zero-order valence-corrected chi connectivity index (χ0v) is 26.6. The van der Waals surface area contributed by atoms with Crippen molar-refractivity contribution < 1.29 is 38.5 Å². The van der Waals surface area contributed by atoms with Gasteiger partial charge in [-0.2, -0.15) is 0 Å². The highest BCUT2D eigenvalue weighted by Crippen LogP contribution is 2.32. The van der Waals surface area contributed by atoms with Gasteiger partial charge in [0.1, 0.15) is 23.0 Å². The van der Waals surface area contributed by atoms with Crippen LogP contribution in [0, 0.1) is 20.2 Å². The van der Waals surface area contributed by atoms with E-state index in [1.165, 1.54) is 82.6 Å². The Morgan fingerprint density at radius 1 is 0.560 bits per heavy atom. The third-order valence-corrected chi connectivity index (χ3v) is 8.26. The Hall–Kier alpha value is -6.48. The molecule has 0 N–H and O–H groups in total. The molecule has 15 heteroatoms. The summed E-state index contributed by atoms with van der Waals surface area (Å²) < 4.78 is 11.4. The summed E-state index contributed by atoms with van der Waals surface area (Å²) >= 11 is 0. The Balaban J connectivity index is 0.970. The standard InChI is InChI=1S/C35H29N5O10/c1-36(14-4-16-37-32(41)28-12-10-26(20-30(28)34(37)43)49-24-8-2-6-22(18-24)39(45)46)15-5-17-38-33(42)29-13-11-27(21-31(29)35(38)44)50-25-9-3-7-23(19-25)40(47)48/h2-3,6-13,18-21H,4-5,14-17H2,1H3. The first-order chi connectivity index (χ1) is 24.0. The number of nitro benzene ring substituents is 2. The second kappa shape index (κ2) is 13.9.